The molecule has 47 heavy (non-hydrogen) atoms. The van der Waals surface area contributed by atoms with Gasteiger partial charge in [0.2, 0.25) is 5.82 Å². The molecule has 0 unspecified atom stereocenters. The number of nitrogen functional groups attached to an aromatic ring is 1. The Bertz CT molecular complexity index is 1900. The molecule has 4 heterocycles. The minimum Gasteiger partial charge on any atom is -0.454 e. The first-order valence-corrected chi connectivity index (χ1v) is 15.2. The van der Waals surface area contributed by atoms with Crippen molar-refractivity contribution in [3.8, 4) is 28.8 Å². The number of nitrogens with two attached hydrogens (primary N) is 1. The maximum atomic E-state index is 15.6. The molecule has 244 valence electrons. The number of nitrogens with zero attached hydrogens (tertiary/aromatic N) is 7. The number of halogens is 3. The number of carbonyl (C=O) groups is 1. The molecule has 0 radical (unpaired) electrons. The van der Waals surface area contributed by atoms with E-state index >= 15 is 4.39 Å². The second-order valence-corrected chi connectivity index (χ2v) is 12.0. The van der Waals surface area contributed by atoms with E-state index in [-0.39, 0.29) is 52.6 Å². The number of fused-ring (bicyclic) bond motifs is 1. The number of hydrogen-bond donors (Lipinski definition) is 1. The quantitative estimate of drug-likeness (QED) is 0.211. The largest absolute Gasteiger partial charge is 0.454 e. The van der Waals surface area contributed by atoms with Crippen molar-refractivity contribution >= 4 is 22.8 Å². The summed E-state index contributed by atoms with van der Waals surface area (Å²) in [6, 6.07) is 9.09. The number of carbonyl (C=O) groups excluding carboxylic acids is 1. The molecule has 2 N–H and O–H groups in total. The fourth-order valence-electron chi connectivity index (χ4n) is 6.16. The first-order valence-electron chi connectivity index (χ1n) is 15.2. The number of anilines is 1. The molecule has 2 saturated heterocycles. The Kier molecular flexibility index (Phi) is 8.85. The van der Waals surface area contributed by atoms with Crippen LogP contribution in [0.2, 0.25) is 0 Å². The van der Waals surface area contributed by atoms with Crippen LogP contribution in [0.1, 0.15) is 26.7 Å². The van der Waals surface area contributed by atoms with Gasteiger partial charge in [-0.25, -0.2) is 23.4 Å². The number of nitriles is 1. The Morgan fingerprint density at radius 3 is 2.68 bits per heavy atom. The maximum Gasteiger partial charge on any atom is 0.264 e. The van der Waals surface area contributed by atoms with Crippen molar-refractivity contribution in [3.05, 3.63) is 71.8 Å². The summed E-state index contributed by atoms with van der Waals surface area (Å²) in [6.45, 7) is 7.21. The van der Waals surface area contributed by atoms with E-state index in [2.05, 4.69) is 26.0 Å². The Morgan fingerprint density at radius 1 is 1.15 bits per heavy atom. The zero-order chi connectivity index (χ0) is 33.3. The molecule has 14 heteroatoms. The number of morpholine rings is 1. The van der Waals surface area contributed by atoms with Crippen LogP contribution in [0.4, 0.5) is 19.0 Å². The number of hydrogen-bond acceptors (Lipinski definition) is 9. The summed E-state index contributed by atoms with van der Waals surface area (Å²) in [5.74, 6) is -3.76. The van der Waals surface area contributed by atoms with E-state index in [1.807, 2.05) is 13.8 Å². The number of aromatic nitrogens is 4. The standard InChI is InChI=1S/C33H33F3N8O3/c1-33(2,42-11-13-46-14-12-42)16-20(17-37)32(45)43-10-4-5-21(43)18-44-31-27(30(38)39-19-40-31)29(41-44)23-9-8-22(15-25(23)35)47-26-7-3-6-24(34)28(26)36/h3,6-9,15-16,19,21H,4-5,10-14,18H2,1-2H3,(H2,38,39,40)/b20-16+/t21-/m1/s1. The van der Waals surface area contributed by atoms with Gasteiger partial charge in [-0.15, -0.1) is 0 Å². The second-order valence-electron chi connectivity index (χ2n) is 12.0. The minimum absolute atomic E-state index is 0.0537. The average Bonchev–Trinajstić information content (AvgIpc) is 3.68. The minimum atomic E-state index is -1.19. The van der Waals surface area contributed by atoms with Crippen LogP contribution in [0.25, 0.3) is 22.3 Å². The van der Waals surface area contributed by atoms with Gasteiger partial charge in [0.25, 0.3) is 5.91 Å². The monoisotopic (exact) mass is 646 g/mol. The van der Waals surface area contributed by atoms with Gasteiger partial charge >= 0.3 is 0 Å². The van der Waals surface area contributed by atoms with Crippen molar-refractivity contribution in [2.45, 2.75) is 44.8 Å². The van der Waals surface area contributed by atoms with Crippen LogP contribution < -0.4 is 10.5 Å². The predicted octanol–water partition coefficient (Wildman–Crippen LogP) is 4.84. The van der Waals surface area contributed by atoms with Gasteiger partial charge < -0.3 is 20.1 Å². The summed E-state index contributed by atoms with van der Waals surface area (Å²) in [5.41, 5.74) is 6.34. The van der Waals surface area contributed by atoms with E-state index in [9.17, 15) is 18.8 Å². The average molecular weight is 647 g/mol. The van der Waals surface area contributed by atoms with Gasteiger partial charge in [0, 0.05) is 36.8 Å². The van der Waals surface area contributed by atoms with Crippen molar-refractivity contribution < 1.29 is 27.4 Å². The Labute approximate surface area is 269 Å². The smallest absolute Gasteiger partial charge is 0.264 e. The van der Waals surface area contributed by atoms with E-state index in [1.54, 1.807) is 15.7 Å². The number of ether oxygens (including phenoxy) is 2. The number of benzene rings is 2. The topological polar surface area (TPSA) is 135 Å². The summed E-state index contributed by atoms with van der Waals surface area (Å²) < 4.78 is 55.8. The third-order valence-corrected chi connectivity index (χ3v) is 8.59. The Balaban J connectivity index is 1.28. The van der Waals surface area contributed by atoms with Crippen LogP contribution in [-0.4, -0.2) is 79.9 Å². The molecule has 2 aliphatic rings. The first-order chi connectivity index (χ1) is 22.6. The zero-order valence-corrected chi connectivity index (χ0v) is 25.9. The summed E-state index contributed by atoms with van der Waals surface area (Å²) in [7, 11) is 0. The molecule has 2 fully saturated rings. The van der Waals surface area contributed by atoms with Crippen LogP contribution in [0, 0.1) is 28.8 Å². The predicted molar refractivity (Wildman–Crippen MR) is 166 cm³/mol. The van der Waals surface area contributed by atoms with Crippen molar-refractivity contribution in [1.29, 1.82) is 5.26 Å². The lowest BCUT2D eigenvalue weighted by Crippen LogP contribution is -2.49. The molecular formula is C33H33F3N8O3. The molecule has 0 aliphatic carbocycles. The lowest BCUT2D eigenvalue weighted by Gasteiger charge is -2.39. The molecule has 0 spiro atoms. The second kappa shape index (κ2) is 13.0. The SMILES string of the molecule is CC(C)(/C=C(\C#N)C(=O)N1CCC[C@@H]1Cn1nc(-c2ccc(Oc3cccc(F)c3F)cc2F)c2c(N)ncnc21)N1CCOCC1. The zero-order valence-electron chi connectivity index (χ0n) is 25.9. The van der Waals surface area contributed by atoms with Crippen LogP contribution in [0.15, 0.2) is 54.4 Å². The highest BCUT2D eigenvalue weighted by molar-refractivity contribution is 5.99. The van der Waals surface area contributed by atoms with Crippen molar-refractivity contribution in [2.75, 3.05) is 38.6 Å². The third-order valence-electron chi connectivity index (χ3n) is 8.59. The number of likely N-dealkylation sites (tertiary alicyclic amines) is 1. The molecule has 2 aromatic carbocycles. The molecule has 6 rings (SSSR count). The number of rotatable bonds is 8. The highest BCUT2D eigenvalue weighted by atomic mass is 19.2. The lowest BCUT2D eigenvalue weighted by molar-refractivity contribution is -0.127. The van der Waals surface area contributed by atoms with Crippen LogP contribution in [0.5, 0.6) is 11.5 Å². The van der Waals surface area contributed by atoms with E-state index in [4.69, 9.17) is 15.2 Å². The van der Waals surface area contributed by atoms with Gasteiger partial charge in [-0.1, -0.05) is 6.07 Å². The fourth-order valence-corrected chi connectivity index (χ4v) is 6.16. The molecule has 0 saturated carbocycles. The summed E-state index contributed by atoms with van der Waals surface area (Å²) in [5, 5.41) is 15.0. The van der Waals surface area contributed by atoms with Crippen molar-refractivity contribution in [2.24, 2.45) is 0 Å². The highest BCUT2D eigenvalue weighted by Gasteiger charge is 2.34. The van der Waals surface area contributed by atoms with Crippen LogP contribution >= 0.6 is 0 Å². The van der Waals surface area contributed by atoms with Crippen molar-refractivity contribution in [3.63, 3.8) is 0 Å². The lowest BCUT2D eigenvalue weighted by atomic mass is 9.97. The molecule has 0 bridgehead atoms. The third kappa shape index (κ3) is 6.36. The van der Waals surface area contributed by atoms with E-state index in [1.165, 1.54) is 30.6 Å². The molecule has 1 atom stereocenters. The van der Waals surface area contributed by atoms with Crippen molar-refractivity contribution in [1.82, 2.24) is 29.5 Å². The molecule has 1 amide bonds. The van der Waals surface area contributed by atoms with Gasteiger partial charge in [-0.3, -0.25) is 9.69 Å². The summed E-state index contributed by atoms with van der Waals surface area (Å²) in [4.78, 5) is 26.1. The van der Waals surface area contributed by atoms with Gasteiger partial charge in [0.15, 0.2) is 17.2 Å². The fraction of sp³-hybridized carbons (Fsp3) is 0.364. The molecule has 2 aromatic heterocycles. The Hall–Kier alpha value is -5.00. The number of amides is 1. The molecule has 2 aliphatic heterocycles. The van der Waals surface area contributed by atoms with Crippen LogP contribution in [0.3, 0.4) is 0 Å². The summed E-state index contributed by atoms with van der Waals surface area (Å²) in [6.07, 6.45) is 4.39. The van der Waals surface area contributed by atoms with E-state index < -0.39 is 23.0 Å². The molecular weight excluding hydrogens is 613 g/mol. The maximum absolute atomic E-state index is 15.6. The highest BCUT2D eigenvalue weighted by Crippen LogP contribution is 2.35. The first kappa shape index (κ1) is 32.0. The molecule has 4 aromatic rings. The van der Waals surface area contributed by atoms with Gasteiger partial charge in [-0.2, -0.15) is 14.8 Å². The normalized spacial score (nSPS) is 17.7. The Morgan fingerprint density at radius 2 is 1.94 bits per heavy atom. The van der Waals surface area contributed by atoms with Gasteiger partial charge in [0.1, 0.15) is 41.0 Å². The van der Waals surface area contributed by atoms with E-state index in [0.717, 1.165) is 18.6 Å². The molecule has 11 nitrogen and oxygen atoms in total. The van der Waals surface area contributed by atoms with E-state index in [0.29, 0.717) is 50.3 Å². The van der Waals surface area contributed by atoms with Gasteiger partial charge in [0.05, 0.1) is 31.2 Å². The van der Waals surface area contributed by atoms with Gasteiger partial charge in [-0.05, 0) is 57.0 Å². The summed E-state index contributed by atoms with van der Waals surface area (Å²) >= 11 is 0. The van der Waals surface area contributed by atoms with Crippen LogP contribution in [-0.2, 0) is 16.1 Å².